The summed E-state index contributed by atoms with van der Waals surface area (Å²) in [5.74, 6) is 0.394. The molecule has 2 rings (SSSR count). The highest BCUT2D eigenvalue weighted by Crippen LogP contribution is 2.23. The SMILES string of the molecule is COc1cccc(NC2=CC(=O)C(C)=C(C)C2=O)c1. The average molecular weight is 257 g/mol. The minimum Gasteiger partial charge on any atom is -0.497 e. The fourth-order valence-corrected chi connectivity index (χ4v) is 1.81. The zero-order valence-electron chi connectivity index (χ0n) is 11.1. The Morgan fingerprint density at radius 1 is 1.11 bits per heavy atom. The van der Waals surface area contributed by atoms with E-state index in [0.717, 1.165) is 0 Å². The first kappa shape index (κ1) is 13.1. The molecule has 4 nitrogen and oxygen atoms in total. The third-order valence-corrected chi connectivity index (χ3v) is 3.14. The lowest BCUT2D eigenvalue weighted by molar-refractivity contribution is -0.115. The molecule has 0 fully saturated rings. The lowest BCUT2D eigenvalue weighted by Gasteiger charge is -2.16. The third-order valence-electron chi connectivity index (χ3n) is 3.14. The first-order chi connectivity index (χ1) is 9.02. The van der Waals surface area contributed by atoms with Gasteiger partial charge in [0.1, 0.15) is 5.75 Å². The summed E-state index contributed by atoms with van der Waals surface area (Å²) in [5.41, 5.74) is 1.99. The Hall–Kier alpha value is -2.36. The number of ether oxygens (including phenoxy) is 1. The summed E-state index contributed by atoms with van der Waals surface area (Å²) in [6.07, 6.45) is 1.34. The second-order valence-corrected chi connectivity index (χ2v) is 4.36. The summed E-state index contributed by atoms with van der Waals surface area (Å²) < 4.78 is 5.11. The van der Waals surface area contributed by atoms with Crippen molar-refractivity contribution in [1.29, 1.82) is 0 Å². The molecule has 4 heteroatoms. The van der Waals surface area contributed by atoms with E-state index in [-0.39, 0.29) is 11.6 Å². The van der Waals surface area contributed by atoms with Crippen LogP contribution in [0.5, 0.6) is 5.75 Å². The van der Waals surface area contributed by atoms with Gasteiger partial charge >= 0.3 is 0 Å². The molecular weight excluding hydrogens is 242 g/mol. The van der Waals surface area contributed by atoms with Gasteiger partial charge < -0.3 is 10.1 Å². The minimum absolute atomic E-state index is 0.137. The fraction of sp³-hybridized carbons (Fsp3) is 0.200. The summed E-state index contributed by atoms with van der Waals surface area (Å²) >= 11 is 0. The van der Waals surface area contributed by atoms with Gasteiger partial charge in [-0.25, -0.2) is 0 Å². The number of benzene rings is 1. The summed E-state index contributed by atoms with van der Waals surface area (Å²) in [6.45, 7) is 3.32. The van der Waals surface area contributed by atoms with E-state index < -0.39 is 0 Å². The van der Waals surface area contributed by atoms with E-state index in [1.54, 1.807) is 27.0 Å². The molecule has 0 saturated carbocycles. The molecule has 1 aliphatic rings. The maximum Gasteiger partial charge on any atom is 0.205 e. The molecule has 0 atom stereocenters. The Labute approximate surface area is 111 Å². The van der Waals surface area contributed by atoms with Crippen LogP contribution < -0.4 is 10.1 Å². The number of carbonyl (C=O) groups excluding carboxylic acids is 2. The van der Waals surface area contributed by atoms with E-state index in [0.29, 0.717) is 28.3 Å². The number of carbonyl (C=O) groups is 2. The highest BCUT2D eigenvalue weighted by atomic mass is 16.5. The van der Waals surface area contributed by atoms with Crippen LogP contribution in [0.4, 0.5) is 5.69 Å². The molecule has 1 aromatic carbocycles. The predicted molar refractivity (Wildman–Crippen MR) is 73.1 cm³/mol. The van der Waals surface area contributed by atoms with E-state index in [2.05, 4.69) is 5.32 Å². The van der Waals surface area contributed by atoms with Gasteiger partial charge in [0.2, 0.25) is 5.78 Å². The van der Waals surface area contributed by atoms with E-state index in [9.17, 15) is 9.59 Å². The Morgan fingerprint density at radius 2 is 1.84 bits per heavy atom. The Bertz CT molecular complexity index is 612. The normalized spacial score (nSPS) is 15.4. The number of rotatable bonds is 3. The number of nitrogens with one attached hydrogen (secondary N) is 1. The molecular formula is C15H15NO3. The van der Waals surface area contributed by atoms with Crippen molar-refractivity contribution < 1.29 is 14.3 Å². The largest absolute Gasteiger partial charge is 0.497 e. The van der Waals surface area contributed by atoms with Gasteiger partial charge in [0.05, 0.1) is 12.8 Å². The lowest BCUT2D eigenvalue weighted by atomic mass is 9.95. The zero-order chi connectivity index (χ0) is 14.0. The molecule has 0 spiro atoms. The van der Waals surface area contributed by atoms with Crippen LogP contribution in [-0.4, -0.2) is 18.7 Å². The highest BCUT2D eigenvalue weighted by Gasteiger charge is 2.23. The molecule has 1 aliphatic carbocycles. The maximum absolute atomic E-state index is 12.1. The van der Waals surface area contributed by atoms with Crippen LogP contribution in [0, 0.1) is 0 Å². The van der Waals surface area contributed by atoms with E-state index >= 15 is 0 Å². The molecule has 0 aliphatic heterocycles. The molecule has 0 saturated heterocycles. The Kier molecular flexibility index (Phi) is 3.51. The molecule has 19 heavy (non-hydrogen) atoms. The summed E-state index contributed by atoms with van der Waals surface area (Å²) in [5, 5.41) is 2.96. The smallest absolute Gasteiger partial charge is 0.205 e. The van der Waals surface area contributed by atoms with Gasteiger partial charge in [-0.3, -0.25) is 9.59 Å². The molecule has 0 aromatic heterocycles. The summed E-state index contributed by atoms with van der Waals surface area (Å²) in [6, 6.07) is 7.19. The van der Waals surface area contributed by atoms with Crippen molar-refractivity contribution in [1.82, 2.24) is 0 Å². The van der Waals surface area contributed by atoms with Crippen LogP contribution in [0.3, 0.4) is 0 Å². The van der Waals surface area contributed by atoms with Gasteiger partial charge in [0.15, 0.2) is 5.78 Å². The minimum atomic E-state index is -0.153. The van der Waals surface area contributed by atoms with E-state index in [1.165, 1.54) is 6.08 Å². The monoisotopic (exact) mass is 257 g/mol. The fourth-order valence-electron chi connectivity index (χ4n) is 1.81. The van der Waals surface area contributed by atoms with Crippen molar-refractivity contribution in [2.75, 3.05) is 12.4 Å². The molecule has 0 heterocycles. The molecule has 0 bridgehead atoms. The van der Waals surface area contributed by atoms with E-state index in [4.69, 9.17) is 4.74 Å². The molecule has 0 radical (unpaired) electrons. The van der Waals surface area contributed by atoms with Gasteiger partial charge in [-0.05, 0) is 26.0 Å². The van der Waals surface area contributed by atoms with Crippen molar-refractivity contribution >= 4 is 17.3 Å². The van der Waals surface area contributed by atoms with Crippen molar-refractivity contribution in [3.8, 4) is 5.75 Å². The number of hydrogen-bond acceptors (Lipinski definition) is 4. The van der Waals surface area contributed by atoms with Gasteiger partial charge in [-0.1, -0.05) is 6.07 Å². The first-order valence-electron chi connectivity index (χ1n) is 5.92. The lowest BCUT2D eigenvalue weighted by Crippen LogP contribution is -2.21. The standard InChI is InChI=1S/C15H15NO3/c1-9-10(2)15(18)13(8-14(9)17)16-11-5-4-6-12(7-11)19-3/h4-8,16H,1-3H3. The van der Waals surface area contributed by atoms with Crippen LogP contribution in [0.2, 0.25) is 0 Å². The van der Waals surface area contributed by atoms with E-state index in [1.807, 2.05) is 18.2 Å². The predicted octanol–water partition coefficient (Wildman–Crippen LogP) is 2.48. The quantitative estimate of drug-likeness (QED) is 0.845. The van der Waals surface area contributed by atoms with Crippen molar-refractivity contribution in [3.05, 3.63) is 47.2 Å². The van der Waals surface area contributed by atoms with Gasteiger partial charge in [-0.2, -0.15) is 0 Å². The van der Waals surface area contributed by atoms with Gasteiger partial charge in [0, 0.05) is 29.0 Å². The second-order valence-electron chi connectivity index (χ2n) is 4.36. The summed E-state index contributed by atoms with van der Waals surface area (Å²) in [7, 11) is 1.57. The Morgan fingerprint density at radius 3 is 2.53 bits per heavy atom. The van der Waals surface area contributed by atoms with Gasteiger partial charge in [0.25, 0.3) is 0 Å². The number of allylic oxidation sites excluding steroid dienone is 3. The third kappa shape index (κ3) is 2.57. The van der Waals surface area contributed by atoms with Crippen LogP contribution in [0.25, 0.3) is 0 Å². The molecule has 1 N–H and O–H groups in total. The van der Waals surface area contributed by atoms with Crippen LogP contribution in [0.1, 0.15) is 13.8 Å². The van der Waals surface area contributed by atoms with Gasteiger partial charge in [-0.15, -0.1) is 0 Å². The molecule has 0 unspecified atom stereocenters. The van der Waals surface area contributed by atoms with Crippen LogP contribution in [0.15, 0.2) is 47.2 Å². The topological polar surface area (TPSA) is 55.4 Å². The molecule has 1 aromatic rings. The number of hydrogen-bond donors (Lipinski definition) is 1. The molecule has 0 amide bonds. The van der Waals surface area contributed by atoms with Crippen LogP contribution >= 0.6 is 0 Å². The highest BCUT2D eigenvalue weighted by molar-refractivity contribution is 6.23. The first-order valence-corrected chi connectivity index (χ1v) is 5.92. The van der Waals surface area contributed by atoms with Crippen molar-refractivity contribution in [2.45, 2.75) is 13.8 Å². The average Bonchev–Trinajstić information content (AvgIpc) is 2.42. The number of ketones is 2. The summed E-state index contributed by atoms with van der Waals surface area (Å²) in [4.78, 5) is 23.8. The maximum atomic E-state index is 12.1. The Balaban J connectivity index is 2.27. The molecule has 98 valence electrons. The van der Waals surface area contributed by atoms with Crippen LogP contribution in [-0.2, 0) is 9.59 Å². The van der Waals surface area contributed by atoms with Crippen molar-refractivity contribution in [2.24, 2.45) is 0 Å². The second kappa shape index (κ2) is 5.10. The van der Waals surface area contributed by atoms with Crippen molar-refractivity contribution in [3.63, 3.8) is 0 Å². The number of Topliss-reactive ketones (excluding diaryl/α,β-unsaturated/α-hetero) is 1. The number of anilines is 1. The number of methoxy groups -OCH3 is 1. The zero-order valence-corrected chi connectivity index (χ0v) is 11.1.